The highest BCUT2D eigenvalue weighted by Crippen LogP contribution is 2.04. The lowest BCUT2D eigenvalue weighted by Crippen LogP contribution is -2.24. The van der Waals surface area contributed by atoms with Crippen LogP contribution in [0.1, 0.15) is 22.8 Å². The van der Waals surface area contributed by atoms with E-state index in [9.17, 15) is 4.79 Å². The summed E-state index contributed by atoms with van der Waals surface area (Å²) in [5.41, 5.74) is 2.30. The number of nitrogens with one attached hydrogen (secondary N) is 1. The summed E-state index contributed by atoms with van der Waals surface area (Å²) in [6, 6.07) is 6.85. The van der Waals surface area contributed by atoms with E-state index in [-0.39, 0.29) is 12.5 Å². The fraction of sp³-hybridized carbons (Fsp3) is 0.250. The van der Waals surface area contributed by atoms with E-state index < -0.39 is 0 Å². The first-order valence-electron chi connectivity index (χ1n) is 4.76. The number of hydrogen-bond donors (Lipinski definition) is 2. The molecule has 80 valence electrons. The van der Waals surface area contributed by atoms with Crippen molar-refractivity contribution in [2.75, 3.05) is 6.54 Å². The van der Waals surface area contributed by atoms with Gasteiger partial charge < -0.3 is 10.4 Å². The Morgan fingerprint density at radius 1 is 1.40 bits per heavy atom. The van der Waals surface area contributed by atoms with Crippen LogP contribution in [0.15, 0.2) is 36.4 Å². The molecule has 1 aromatic rings. The molecule has 0 heterocycles. The van der Waals surface area contributed by atoms with Crippen molar-refractivity contribution in [3.8, 4) is 0 Å². The van der Waals surface area contributed by atoms with Gasteiger partial charge in [-0.25, -0.2) is 0 Å². The van der Waals surface area contributed by atoms with Crippen molar-refractivity contribution in [1.82, 2.24) is 5.32 Å². The third-order valence-electron chi connectivity index (χ3n) is 1.95. The highest BCUT2D eigenvalue weighted by molar-refractivity contribution is 5.94. The first-order valence-corrected chi connectivity index (χ1v) is 4.76. The Hall–Kier alpha value is -1.61. The van der Waals surface area contributed by atoms with Crippen molar-refractivity contribution in [2.24, 2.45) is 0 Å². The van der Waals surface area contributed by atoms with Crippen LogP contribution in [0.4, 0.5) is 0 Å². The van der Waals surface area contributed by atoms with E-state index in [4.69, 9.17) is 5.11 Å². The summed E-state index contributed by atoms with van der Waals surface area (Å²) >= 11 is 0. The molecular weight excluding hydrogens is 190 g/mol. The van der Waals surface area contributed by atoms with Gasteiger partial charge in [0.15, 0.2) is 0 Å². The van der Waals surface area contributed by atoms with E-state index in [1.54, 1.807) is 24.3 Å². The number of aliphatic hydroxyl groups excluding tert-OH is 1. The minimum Gasteiger partial charge on any atom is -0.392 e. The Kier molecular flexibility index (Phi) is 4.06. The minimum atomic E-state index is -0.123. The smallest absolute Gasteiger partial charge is 0.251 e. The van der Waals surface area contributed by atoms with E-state index in [0.29, 0.717) is 12.1 Å². The molecule has 0 aliphatic heterocycles. The van der Waals surface area contributed by atoms with Crippen molar-refractivity contribution in [1.29, 1.82) is 0 Å². The molecule has 3 heteroatoms. The van der Waals surface area contributed by atoms with Gasteiger partial charge in [0.05, 0.1) is 6.61 Å². The molecule has 15 heavy (non-hydrogen) atoms. The second-order valence-electron chi connectivity index (χ2n) is 3.49. The third kappa shape index (κ3) is 3.56. The maximum Gasteiger partial charge on any atom is 0.251 e. The second-order valence-corrected chi connectivity index (χ2v) is 3.49. The average Bonchev–Trinajstić information content (AvgIpc) is 2.26. The second kappa shape index (κ2) is 5.32. The fourth-order valence-electron chi connectivity index (χ4n) is 1.09. The molecule has 0 atom stereocenters. The van der Waals surface area contributed by atoms with Crippen LogP contribution in [0, 0.1) is 0 Å². The zero-order valence-corrected chi connectivity index (χ0v) is 8.79. The SMILES string of the molecule is C=C(C)CNC(=O)c1ccc(CO)cc1. The van der Waals surface area contributed by atoms with Gasteiger partial charge in [-0.1, -0.05) is 24.3 Å². The van der Waals surface area contributed by atoms with Gasteiger partial charge in [0, 0.05) is 12.1 Å². The number of amides is 1. The highest BCUT2D eigenvalue weighted by atomic mass is 16.3. The number of benzene rings is 1. The molecule has 2 N–H and O–H groups in total. The first kappa shape index (κ1) is 11.5. The Labute approximate surface area is 89.4 Å². The van der Waals surface area contributed by atoms with Crippen LogP contribution >= 0.6 is 0 Å². The molecule has 0 radical (unpaired) electrons. The maximum absolute atomic E-state index is 11.5. The van der Waals surface area contributed by atoms with E-state index >= 15 is 0 Å². The quantitative estimate of drug-likeness (QED) is 0.731. The summed E-state index contributed by atoms with van der Waals surface area (Å²) in [6.07, 6.45) is 0. The normalized spacial score (nSPS) is 9.73. The predicted octanol–water partition coefficient (Wildman–Crippen LogP) is 1.48. The minimum absolute atomic E-state index is 0.00628. The molecule has 0 aliphatic rings. The van der Waals surface area contributed by atoms with Crippen molar-refractivity contribution >= 4 is 5.91 Å². The topological polar surface area (TPSA) is 49.3 Å². The van der Waals surface area contributed by atoms with Crippen LogP contribution in [0.5, 0.6) is 0 Å². The molecule has 0 spiro atoms. The number of hydrogen-bond acceptors (Lipinski definition) is 2. The number of carbonyl (C=O) groups is 1. The third-order valence-corrected chi connectivity index (χ3v) is 1.95. The van der Waals surface area contributed by atoms with E-state index in [2.05, 4.69) is 11.9 Å². The van der Waals surface area contributed by atoms with Crippen molar-refractivity contribution in [3.05, 3.63) is 47.5 Å². The number of aliphatic hydroxyl groups is 1. The molecule has 0 unspecified atom stereocenters. The Morgan fingerprint density at radius 2 is 2.00 bits per heavy atom. The zero-order valence-electron chi connectivity index (χ0n) is 8.79. The fourth-order valence-corrected chi connectivity index (χ4v) is 1.09. The highest BCUT2D eigenvalue weighted by Gasteiger charge is 2.03. The first-order chi connectivity index (χ1) is 7.13. The summed E-state index contributed by atoms with van der Waals surface area (Å²) < 4.78 is 0. The van der Waals surface area contributed by atoms with Gasteiger partial charge in [-0.05, 0) is 24.6 Å². The molecule has 1 rings (SSSR count). The Morgan fingerprint density at radius 3 is 2.47 bits per heavy atom. The van der Waals surface area contributed by atoms with E-state index in [1.165, 1.54) is 0 Å². The van der Waals surface area contributed by atoms with Crippen molar-refractivity contribution in [3.63, 3.8) is 0 Å². The van der Waals surface area contributed by atoms with Crippen LogP contribution in [0.3, 0.4) is 0 Å². The maximum atomic E-state index is 11.5. The van der Waals surface area contributed by atoms with Crippen LogP contribution in [-0.2, 0) is 6.61 Å². The summed E-state index contributed by atoms with van der Waals surface area (Å²) in [4.78, 5) is 11.5. The summed E-state index contributed by atoms with van der Waals surface area (Å²) in [5.74, 6) is -0.123. The number of carbonyl (C=O) groups excluding carboxylic acids is 1. The van der Waals surface area contributed by atoms with Gasteiger partial charge in [-0.2, -0.15) is 0 Å². The summed E-state index contributed by atoms with van der Waals surface area (Å²) in [7, 11) is 0. The van der Waals surface area contributed by atoms with Crippen LogP contribution in [0.25, 0.3) is 0 Å². The van der Waals surface area contributed by atoms with Crippen molar-refractivity contribution in [2.45, 2.75) is 13.5 Å². The van der Waals surface area contributed by atoms with Crippen LogP contribution in [0.2, 0.25) is 0 Å². The molecule has 0 saturated carbocycles. The standard InChI is InChI=1S/C12H15NO2/c1-9(2)7-13-12(15)11-5-3-10(8-14)4-6-11/h3-6,14H,1,7-8H2,2H3,(H,13,15). The molecule has 0 fully saturated rings. The molecule has 0 bridgehead atoms. The lowest BCUT2D eigenvalue weighted by molar-refractivity contribution is 0.0957. The van der Waals surface area contributed by atoms with E-state index in [1.807, 2.05) is 6.92 Å². The predicted molar refractivity (Wildman–Crippen MR) is 59.5 cm³/mol. The van der Waals surface area contributed by atoms with Gasteiger partial charge in [0.25, 0.3) is 5.91 Å². The lowest BCUT2D eigenvalue weighted by atomic mass is 10.1. The zero-order chi connectivity index (χ0) is 11.3. The van der Waals surface area contributed by atoms with Crippen LogP contribution in [-0.4, -0.2) is 17.6 Å². The molecule has 1 aromatic carbocycles. The van der Waals surface area contributed by atoms with Crippen LogP contribution < -0.4 is 5.32 Å². The Bertz CT molecular complexity index is 354. The average molecular weight is 205 g/mol. The molecule has 0 aliphatic carbocycles. The van der Waals surface area contributed by atoms with Gasteiger partial charge >= 0.3 is 0 Å². The van der Waals surface area contributed by atoms with E-state index in [0.717, 1.165) is 11.1 Å². The molecule has 1 amide bonds. The molecular formula is C12H15NO2. The van der Waals surface area contributed by atoms with Crippen molar-refractivity contribution < 1.29 is 9.90 Å². The van der Waals surface area contributed by atoms with Gasteiger partial charge in [0.2, 0.25) is 0 Å². The van der Waals surface area contributed by atoms with Gasteiger partial charge in [0.1, 0.15) is 0 Å². The monoisotopic (exact) mass is 205 g/mol. The largest absolute Gasteiger partial charge is 0.392 e. The molecule has 0 saturated heterocycles. The lowest BCUT2D eigenvalue weighted by Gasteiger charge is -2.05. The molecule has 0 aromatic heterocycles. The van der Waals surface area contributed by atoms with Gasteiger partial charge in [-0.3, -0.25) is 4.79 Å². The van der Waals surface area contributed by atoms with Gasteiger partial charge in [-0.15, -0.1) is 0 Å². The summed E-state index contributed by atoms with van der Waals surface area (Å²) in [5, 5.41) is 11.6. The summed E-state index contributed by atoms with van der Waals surface area (Å²) in [6.45, 7) is 6.04. The molecule has 3 nitrogen and oxygen atoms in total. The Balaban J connectivity index is 2.62. The number of rotatable bonds is 4.